The molecule has 2 rings (SSSR count). The van der Waals surface area contributed by atoms with E-state index in [4.69, 9.17) is 10.5 Å². The number of nitrogens with two attached hydrogens (primary N) is 1. The third kappa shape index (κ3) is 4.90. The molecule has 23 heavy (non-hydrogen) atoms. The van der Waals surface area contributed by atoms with Crippen LogP contribution in [0, 0.1) is 11.8 Å². The highest BCUT2D eigenvalue weighted by Gasteiger charge is 2.07. The molecule has 0 fully saturated rings. The van der Waals surface area contributed by atoms with Crippen LogP contribution in [-0.4, -0.2) is 25.0 Å². The summed E-state index contributed by atoms with van der Waals surface area (Å²) in [5.74, 6) is 5.21. The van der Waals surface area contributed by atoms with E-state index in [0.717, 1.165) is 0 Å². The fourth-order valence-corrected chi connectivity index (χ4v) is 1.84. The summed E-state index contributed by atoms with van der Waals surface area (Å²) in [4.78, 5) is 23.0. The number of benzene rings is 2. The van der Waals surface area contributed by atoms with Crippen LogP contribution in [0.15, 0.2) is 54.6 Å². The van der Waals surface area contributed by atoms with E-state index in [-0.39, 0.29) is 19.1 Å². The quantitative estimate of drug-likeness (QED) is 0.823. The normalized spacial score (nSPS) is 9.39. The number of hydrogen-bond acceptors (Lipinski definition) is 3. The van der Waals surface area contributed by atoms with Crippen LogP contribution in [0.5, 0.6) is 5.75 Å². The summed E-state index contributed by atoms with van der Waals surface area (Å²) in [5.41, 5.74) is 6.15. The van der Waals surface area contributed by atoms with Crippen molar-refractivity contribution < 1.29 is 14.3 Å². The molecule has 0 bridgehead atoms. The number of hydrogen-bond donors (Lipinski definition) is 2. The van der Waals surface area contributed by atoms with E-state index in [1.807, 2.05) is 6.07 Å². The van der Waals surface area contributed by atoms with E-state index in [9.17, 15) is 9.59 Å². The van der Waals surface area contributed by atoms with Crippen molar-refractivity contribution in [1.29, 1.82) is 0 Å². The van der Waals surface area contributed by atoms with Gasteiger partial charge in [-0.05, 0) is 24.3 Å². The first-order valence-electron chi connectivity index (χ1n) is 6.99. The molecule has 2 aromatic rings. The number of nitrogens with one attached hydrogen (secondary N) is 1. The van der Waals surface area contributed by atoms with E-state index in [1.54, 1.807) is 48.5 Å². The van der Waals surface area contributed by atoms with Gasteiger partial charge in [0.15, 0.2) is 0 Å². The number of ether oxygens (including phenoxy) is 1. The van der Waals surface area contributed by atoms with Crippen molar-refractivity contribution in [1.82, 2.24) is 5.32 Å². The van der Waals surface area contributed by atoms with Gasteiger partial charge in [0.05, 0.1) is 12.1 Å². The SMILES string of the molecule is NC(=O)c1ccccc1OCC#CCNC(=O)c1ccccc1. The summed E-state index contributed by atoms with van der Waals surface area (Å²) in [6, 6.07) is 15.6. The first-order valence-corrected chi connectivity index (χ1v) is 6.99. The van der Waals surface area contributed by atoms with Gasteiger partial charge in [-0.1, -0.05) is 42.2 Å². The van der Waals surface area contributed by atoms with Gasteiger partial charge in [0.25, 0.3) is 11.8 Å². The Morgan fingerprint density at radius 1 is 1.00 bits per heavy atom. The van der Waals surface area contributed by atoms with E-state index in [0.29, 0.717) is 16.9 Å². The van der Waals surface area contributed by atoms with Crippen molar-refractivity contribution in [2.75, 3.05) is 13.2 Å². The second-order valence-corrected chi connectivity index (χ2v) is 4.55. The number of carbonyl (C=O) groups is 2. The molecule has 0 saturated heterocycles. The van der Waals surface area contributed by atoms with Gasteiger partial charge in [-0.15, -0.1) is 0 Å². The summed E-state index contributed by atoms with van der Waals surface area (Å²) in [5, 5.41) is 2.69. The molecule has 0 aromatic heterocycles. The fourth-order valence-electron chi connectivity index (χ4n) is 1.84. The molecule has 3 N–H and O–H groups in total. The first-order chi connectivity index (χ1) is 11.2. The predicted octanol–water partition coefficient (Wildman–Crippen LogP) is 1.60. The second kappa shape index (κ2) is 8.25. The third-order valence-corrected chi connectivity index (χ3v) is 2.95. The Balaban J connectivity index is 1.79. The molecule has 0 aliphatic carbocycles. The molecule has 2 amide bonds. The lowest BCUT2D eigenvalue weighted by molar-refractivity contribution is 0.0957. The zero-order chi connectivity index (χ0) is 16.5. The Labute approximate surface area is 134 Å². The molecule has 0 atom stereocenters. The maximum absolute atomic E-state index is 11.8. The van der Waals surface area contributed by atoms with E-state index < -0.39 is 5.91 Å². The van der Waals surface area contributed by atoms with Gasteiger partial charge in [0.1, 0.15) is 12.4 Å². The van der Waals surface area contributed by atoms with E-state index in [1.165, 1.54) is 0 Å². The number of para-hydroxylation sites is 1. The Kier molecular flexibility index (Phi) is 5.78. The summed E-state index contributed by atoms with van der Waals surface area (Å²) in [6.45, 7) is 0.319. The van der Waals surface area contributed by atoms with Gasteiger partial charge in [0.2, 0.25) is 0 Å². The summed E-state index contributed by atoms with van der Waals surface area (Å²) in [6.07, 6.45) is 0. The van der Waals surface area contributed by atoms with Gasteiger partial charge >= 0.3 is 0 Å². The minimum Gasteiger partial charge on any atom is -0.480 e. The van der Waals surface area contributed by atoms with Crippen LogP contribution < -0.4 is 15.8 Å². The molecular formula is C18H16N2O3. The van der Waals surface area contributed by atoms with Crippen molar-refractivity contribution in [3.8, 4) is 17.6 Å². The van der Waals surface area contributed by atoms with Crippen LogP contribution in [0.25, 0.3) is 0 Å². The Morgan fingerprint density at radius 2 is 1.70 bits per heavy atom. The van der Waals surface area contributed by atoms with Crippen molar-refractivity contribution in [2.45, 2.75) is 0 Å². The fraction of sp³-hybridized carbons (Fsp3) is 0.111. The van der Waals surface area contributed by atoms with Crippen molar-refractivity contribution >= 4 is 11.8 Å². The van der Waals surface area contributed by atoms with Crippen LogP contribution >= 0.6 is 0 Å². The Bertz CT molecular complexity index is 746. The molecule has 116 valence electrons. The second-order valence-electron chi connectivity index (χ2n) is 4.55. The zero-order valence-electron chi connectivity index (χ0n) is 12.4. The molecule has 0 radical (unpaired) electrons. The van der Waals surface area contributed by atoms with Gasteiger partial charge in [0, 0.05) is 5.56 Å². The van der Waals surface area contributed by atoms with Gasteiger partial charge < -0.3 is 15.8 Å². The van der Waals surface area contributed by atoms with Crippen molar-refractivity contribution in [2.24, 2.45) is 5.73 Å². The summed E-state index contributed by atoms with van der Waals surface area (Å²) in [7, 11) is 0. The zero-order valence-corrected chi connectivity index (χ0v) is 12.4. The van der Waals surface area contributed by atoms with Crippen LogP contribution in [0.2, 0.25) is 0 Å². The predicted molar refractivity (Wildman–Crippen MR) is 87.0 cm³/mol. The number of primary amides is 1. The number of rotatable bonds is 5. The van der Waals surface area contributed by atoms with Crippen LogP contribution in [0.3, 0.4) is 0 Å². The highest BCUT2D eigenvalue weighted by Crippen LogP contribution is 2.16. The Morgan fingerprint density at radius 3 is 2.43 bits per heavy atom. The minimum atomic E-state index is -0.552. The molecule has 2 aromatic carbocycles. The molecule has 5 heteroatoms. The topological polar surface area (TPSA) is 81.4 Å². The molecule has 0 heterocycles. The first kappa shape index (κ1) is 16.1. The maximum Gasteiger partial charge on any atom is 0.252 e. The smallest absolute Gasteiger partial charge is 0.252 e. The average molecular weight is 308 g/mol. The summed E-state index contributed by atoms with van der Waals surface area (Å²) >= 11 is 0. The maximum atomic E-state index is 11.8. The lowest BCUT2D eigenvalue weighted by Gasteiger charge is -2.05. The lowest BCUT2D eigenvalue weighted by Crippen LogP contribution is -2.23. The molecule has 0 saturated carbocycles. The highest BCUT2D eigenvalue weighted by atomic mass is 16.5. The highest BCUT2D eigenvalue weighted by molar-refractivity contribution is 5.95. The van der Waals surface area contributed by atoms with Crippen LogP contribution in [0.1, 0.15) is 20.7 Å². The third-order valence-electron chi connectivity index (χ3n) is 2.95. The number of carbonyl (C=O) groups excluding carboxylic acids is 2. The number of amides is 2. The largest absolute Gasteiger partial charge is 0.480 e. The van der Waals surface area contributed by atoms with E-state index in [2.05, 4.69) is 17.2 Å². The molecule has 0 spiro atoms. The standard InChI is InChI=1S/C18H16N2O3/c19-17(21)15-10-4-5-11-16(15)23-13-7-6-12-20-18(22)14-8-2-1-3-9-14/h1-5,8-11H,12-13H2,(H2,19,21)(H,20,22). The molecule has 0 unspecified atom stereocenters. The monoisotopic (exact) mass is 308 g/mol. The molecular weight excluding hydrogens is 292 g/mol. The summed E-state index contributed by atoms with van der Waals surface area (Å²) < 4.78 is 5.40. The minimum absolute atomic E-state index is 0.103. The molecule has 0 aliphatic heterocycles. The lowest BCUT2D eigenvalue weighted by atomic mass is 10.2. The van der Waals surface area contributed by atoms with Crippen molar-refractivity contribution in [3.05, 3.63) is 65.7 Å². The van der Waals surface area contributed by atoms with E-state index >= 15 is 0 Å². The Hall–Kier alpha value is -3.26. The van der Waals surface area contributed by atoms with Gasteiger partial charge in [-0.25, -0.2) is 0 Å². The van der Waals surface area contributed by atoms with Gasteiger partial charge in [-0.2, -0.15) is 0 Å². The van der Waals surface area contributed by atoms with Gasteiger partial charge in [-0.3, -0.25) is 9.59 Å². The molecule has 5 nitrogen and oxygen atoms in total. The van der Waals surface area contributed by atoms with Crippen LogP contribution in [-0.2, 0) is 0 Å². The van der Waals surface area contributed by atoms with Crippen molar-refractivity contribution in [3.63, 3.8) is 0 Å². The van der Waals surface area contributed by atoms with Crippen LogP contribution in [0.4, 0.5) is 0 Å². The average Bonchev–Trinajstić information content (AvgIpc) is 2.58. The molecule has 0 aliphatic rings.